The van der Waals surface area contributed by atoms with E-state index in [1.807, 2.05) is 24.8 Å². The lowest BCUT2D eigenvalue weighted by Gasteiger charge is -2.13. The molecule has 6 heteroatoms. The van der Waals surface area contributed by atoms with E-state index in [9.17, 15) is 8.42 Å². The smallest absolute Gasteiger partial charge is 0.242 e. The summed E-state index contributed by atoms with van der Waals surface area (Å²) in [5, 5.41) is 0. The Bertz CT molecular complexity index is 542. The molecule has 0 amide bonds. The number of benzene rings is 1. The maximum absolute atomic E-state index is 12.3. The Hall–Kier alpha value is -0.720. The Morgan fingerprint density at radius 1 is 1.15 bits per heavy atom. The third-order valence-corrected chi connectivity index (χ3v) is 5.56. The number of aryl methyl sites for hydroxylation is 2. The van der Waals surface area contributed by atoms with Crippen LogP contribution in [0, 0.1) is 13.8 Å². The van der Waals surface area contributed by atoms with Gasteiger partial charge < -0.3 is 5.73 Å². The van der Waals surface area contributed by atoms with Crippen LogP contribution in [0.3, 0.4) is 0 Å². The van der Waals surface area contributed by atoms with Crippen molar-refractivity contribution in [2.75, 3.05) is 24.3 Å². The van der Waals surface area contributed by atoms with Crippen LogP contribution in [0.5, 0.6) is 0 Å². The molecule has 0 bridgehead atoms. The highest BCUT2D eigenvalue weighted by molar-refractivity contribution is 7.98. The molecule has 0 aromatic heterocycles. The van der Waals surface area contributed by atoms with Crippen LogP contribution in [0.25, 0.3) is 0 Å². The molecule has 0 aliphatic heterocycles. The second-order valence-electron chi connectivity index (χ2n) is 4.89. The molecule has 0 aliphatic carbocycles. The molecule has 1 aromatic rings. The van der Waals surface area contributed by atoms with Gasteiger partial charge in [0.1, 0.15) is 4.90 Å². The van der Waals surface area contributed by atoms with Gasteiger partial charge in [0.15, 0.2) is 0 Å². The number of hydrogen-bond acceptors (Lipinski definition) is 4. The Balaban J connectivity index is 2.68. The highest BCUT2D eigenvalue weighted by Crippen LogP contribution is 2.25. The number of nitrogens with two attached hydrogens (primary N) is 1. The van der Waals surface area contributed by atoms with Gasteiger partial charge in [0.05, 0.1) is 5.69 Å². The summed E-state index contributed by atoms with van der Waals surface area (Å²) in [5.74, 6) is 1.12. The van der Waals surface area contributed by atoms with Crippen LogP contribution in [0.2, 0.25) is 0 Å². The zero-order valence-electron chi connectivity index (χ0n) is 12.4. The maximum Gasteiger partial charge on any atom is 0.242 e. The van der Waals surface area contributed by atoms with E-state index in [0.717, 1.165) is 30.6 Å². The van der Waals surface area contributed by atoms with Gasteiger partial charge in [-0.3, -0.25) is 0 Å². The number of unbranched alkanes of at least 4 members (excludes halogenated alkanes) is 2. The van der Waals surface area contributed by atoms with Crippen molar-refractivity contribution in [3.63, 3.8) is 0 Å². The normalized spacial score (nSPS) is 11.8. The van der Waals surface area contributed by atoms with Gasteiger partial charge >= 0.3 is 0 Å². The maximum atomic E-state index is 12.3. The van der Waals surface area contributed by atoms with Crippen LogP contribution < -0.4 is 10.5 Å². The van der Waals surface area contributed by atoms with Crippen LogP contribution in [-0.4, -0.2) is 27.0 Å². The molecular weight excluding hydrogens is 292 g/mol. The Morgan fingerprint density at radius 3 is 2.45 bits per heavy atom. The molecular formula is C14H24N2O2S2. The number of hydrogen-bond donors (Lipinski definition) is 2. The van der Waals surface area contributed by atoms with Crippen LogP contribution in [0.4, 0.5) is 5.69 Å². The van der Waals surface area contributed by atoms with E-state index in [1.165, 1.54) is 0 Å². The highest BCUT2D eigenvalue weighted by atomic mass is 32.2. The molecule has 1 rings (SSSR count). The van der Waals surface area contributed by atoms with Gasteiger partial charge in [0.2, 0.25) is 10.0 Å². The molecule has 0 saturated carbocycles. The Kier molecular flexibility index (Phi) is 6.85. The molecule has 1 aromatic carbocycles. The van der Waals surface area contributed by atoms with Crippen molar-refractivity contribution < 1.29 is 8.42 Å². The van der Waals surface area contributed by atoms with Crippen LogP contribution in [-0.2, 0) is 10.0 Å². The van der Waals surface area contributed by atoms with Gasteiger partial charge in [0.25, 0.3) is 0 Å². The molecule has 20 heavy (non-hydrogen) atoms. The summed E-state index contributed by atoms with van der Waals surface area (Å²) in [6.45, 7) is 4.04. The van der Waals surface area contributed by atoms with Crippen molar-refractivity contribution in [3.05, 3.63) is 23.3 Å². The molecule has 0 aliphatic rings. The molecule has 0 atom stereocenters. The molecule has 0 saturated heterocycles. The summed E-state index contributed by atoms with van der Waals surface area (Å²) >= 11 is 1.81. The minimum absolute atomic E-state index is 0.224. The van der Waals surface area contributed by atoms with E-state index >= 15 is 0 Å². The molecule has 0 heterocycles. The molecule has 4 nitrogen and oxygen atoms in total. The van der Waals surface area contributed by atoms with E-state index in [1.54, 1.807) is 13.0 Å². The first-order valence-electron chi connectivity index (χ1n) is 6.74. The largest absolute Gasteiger partial charge is 0.397 e. The first-order valence-corrected chi connectivity index (χ1v) is 9.62. The van der Waals surface area contributed by atoms with Crippen molar-refractivity contribution >= 4 is 27.5 Å². The summed E-state index contributed by atoms with van der Waals surface area (Å²) in [6.07, 6.45) is 5.08. The number of sulfonamides is 1. The molecule has 3 N–H and O–H groups in total. The van der Waals surface area contributed by atoms with Gasteiger partial charge in [-0.05, 0) is 49.8 Å². The van der Waals surface area contributed by atoms with Gasteiger partial charge in [-0.25, -0.2) is 13.1 Å². The number of nitrogens with one attached hydrogen (secondary N) is 1. The fourth-order valence-electron chi connectivity index (χ4n) is 1.99. The van der Waals surface area contributed by atoms with E-state index in [-0.39, 0.29) is 4.90 Å². The fraction of sp³-hybridized carbons (Fsp3) is 0.571. The van der Waals surface area contributed by atoms with Gasteiger partial charge in [-0.1, -0.05) is 18.6 Å². The van der Waals surface area contributed by atoms with Gasteiger partial charge in [-0.15, -0.1) is 0 Å². The molecule has 114 valence electrons. The summed E-state index contributed by atoms with van der Waals surface area (Å²) in [5.41, 5.74) is 7.74. The van der Waals surface area contributed by atoms with Crippen molar-refractivity contribution in [1.29, 1.82) is 0 Å². The zero-order valence-corrected chi connectivity index (χ0v) is 14.0. The highest BCUT2D eigenvalue weighted by Gasteiger charge is 2.20. The topological polar surface area (TPSA) is 72.2 Å². The standard InChI is InChI=1S/C14H24N2O2S2/c1-11-7-8-12(2)14(13(11)15)20(17,18)16-9-5-4-6-10-19-3/h7-8,16H,4-6,9-10,15H2,1-3H3. The molecule has 0 spiro atoms. The monoisotopic (exact) mass is 316 g/mol. The number of nitrogen functional groups attached to an aromatic ring is 1. The van der Waals surface area contributed by atoms with Crippen molar-refractivity contribution in [1.82, 2.24) is 4.72 Å². The van der Waals surface area contributed by atoms with Crippen molar-refractivity contribution in [2.24, 2.45) is 0 Å². The first-order chi connectivity index (χ1) is 9.40. The second kappa shape index (κ2) is 7.90. The zero-order chi connectivity index (χ0) is 15.2. The quantitative estimate of drug-likeness (QED) is 0.571. The van der Waals surface area contributed by atoms with Crippen molar-refractivity contribution in [2.45, 2.75) is 38.0 Å². The predicted molar refractivity (Wildman–Crippen MR) is 87.7 cm³/mol. The Morgan fingerprint density at radius 2 is 1.80 bits per heavy atom. The first kappa shape index (κ1) is 17.3. The van der Waals surface area contributed by atoms with Gasteiger partial charge in [0, 0.05) is 6.54 Å². The molecule has 0 unspecified atom stereocenters. The third kappa shape index (κ3) is 4.68. The molecule has 0 radical (unpaired) electrons. The summed E-state index contributed by atoms with van der Waals surface area (Å²) in [6, 6.07) is 3.63. The van der Waals surface area contributed by atoms with E-state index in [0.29, 0.717) is 17.8 Å². The number of rotatable bonds is 8. The fourth-order valence-corrected chi connectivity index (χ4v) is 3.98. The number of anilines is 1. The predicted octanol–water partition coefficient (Wildman–Crippen LogP) is 2.70. The summed E-state index contributed by atoms with van der Waals surface area (Å²) in [4.78, 5) is 0.224. The minimum Gasteiger partial charge on any atom is -0.397 e. The average Bonchev–Trinajstić information content (AvgIpc) is 2.38. The lowest BCUT2D eigenvalue weighted by atomic mass is 10.1. The van der Waals surface area contributed by atoms with Crippen molar-refractivity contribution in [3.8, 4) is 0 Å². The van der Waals surface area contributed by atoms with Crippen LogP contribution in [0.1, 0.15) is 30.4 Å². The van der Waals surface area contributed by atoms with E-state index in [4.69, 9.17) is 5.73 Å². The van der Waals surface area contributed by atoms with Gasteiger partial charge in [-0.2, -0.15) is 11.8 Å². The van der Waals surface area contributed by atoms with E-state index < -0.39 is 10.0 Å². The van der Waals surface area contributed by atoms with Crippen LogP contribution >= 0.6 is 11.8 Å². The molecule has 0 fully saturated rings. The summed E-state index contributed by atoms with van der Waals surface area (Å²) < 4.78 is 27.3. The van der Waals surface area contributed by atoms with E-state index in [2.05, 4.69) is 11.0 Å². The SMILES string of the molecule is CSCCCCCNS(=O)(=O)c1c(C)ccc(C)c1N. The Labute approximate surface area is 126 Å². The summed E-state index contributed by atoms with van der Waals surface area (Å²) in [7, 11) is -3.52. The van der Waals surface area contributed by atoms with Crippen LogP contribution in [0.15, 0.2) is 17.0 Å². The third-order valence-electron chi connectivity index (χ3n) is 3.20. The number of thioether (sulfide) groups is 1. The average molecular weight is 316 g/mol. The second-order valence-corrected chi connectivity index (χ2v) is 7.58. The minimum atomic E-state index is -3.52. The lowest BCUT2D eigenvalue weighted by molar-refractivity contribution is 0.576. The lowest BCUT2D eigenvalue weighted by Crippen LogP contribution is -2.26.